The number of hydrogen-bond acceptors (Lipinski definition) is 8. The SMILES string of the molecule is CC(Cn1ncnn1)n1cnc2cc3c(=O)n(C4CC4)nnc3cc2c1=O. The Hall–Kier alpha value is -3.50. The Kier molecular flexibility index (Phi) is 3.35. The first-order chi connectivity index (χ1) is 13.1. The molecule has 1 fully saturated rings. The summed E-state index contributed by atoms with van der Waals surface area (Å²) in [6.07, 6.45) is 4.70. The lowest BCUT2D eigenvalue weighted by Crippen LogP contribution is -2.27. The highest BCUT2D eigenvalue weighted by Crippen LogP contribution is 2.32. The third-order valence-electron chi connectivity index (χ3n) is 4.77. The summed E-state index contributed by atoms with van der Waals surface area (Å²) in [5, 5.41) is 20.4. The molecule has 0 N–H and O–H groups in total. The van der Waals surface area contributed by atoms with Crippen molar-refractivity contribution in [1.29, 1.82) is 0 Å². The quantitative estimate of drug-likeness (QED) is 0.466. The molecule has 1 saturated carbocycles. The molecule has 4 aromatic rings. The first kappa shape index (κ1) is 15.7. The van der Waals surface area contributed by atoms with Gasteiger partial charge >= 0.3 is 0 Å². The first-order valence-electron chi connectivity index (χ1n) is 8.62. The van der Waals surface area contributed by atoms with Crippen molar-refractivity contribution in [2.24, 2.45) is 0 Å². The van der Waals surface area contributed by atoms with Gasteiger partial charge in [0.2, 0.25) is 0 Å². The van der Waals surface area contributed by atoms with E-state index in [9.17, 15) is 9.59 Å². The summed E-state index contributed by atoms with van der Waals surface area (Å²) in [4.78, 5) is 31.3. The van der Waals surface area contributed by atoms with Gasteiger partial charge in [0.05, 0.1) is 41.2 Å². The topological polar surface area (TPSA) is 126 Å². The molecule has 136 valence electrons. The Balaban J connectivity index is 1.63. The van der Waals surface area contributed by atoms with Crippen molar-refractivity contribution in [3.63, 3.8) is 0 Å². The van der Waals surface area contributed by atoms with E-state index >= 15 is 0 Å². The minimum atomic E-state index is -0.228. The van der Waals surface area contributed by atoms with Gasteiger partial charge in [0.25, 0.3) is 11.1 Å². The molecule has 3 aromatic heterocycles. The maximum atomic E-state index is 12.9. The van der Waals surface area contributed by atoms with E-state index in [1.54, 1.807) is 12.1 Å². The Morgan fingerprint density at radius 3 is 2.63 bits per heavy atom. The number of tetrazole rings is 1. The van der Waals surface area contributed by atoms with Crippen molar-refractivity contribution < 1.29 is 0 Å². The predicted octanol–water partition coefficient (Wildman–Crippen LogP) is 0.0840. The van der Waals surface area contributed by atoms with Crippen LogP contribution in [0.5, 0.6) is 0 Å². The first-order valence-corrected chi connectivity index (χ1v) is 8.62. The summed E-state index contributed by atoms with van der Waals surface area (Å²) in [5.41, 5.74) is 0.442. The Labute approximate surface area is 151 Å². The number of hydrogen-bond donors (Lipinski definition) is 0. The molecule has 1 atom stereocenters. The van der Waals surface area contributed by atoms with E-state index < -0.39 is 0 Å². The maximum absolute atomic E-state index is 12.9. The van der Waals surface area contributed by atoms with Crippen LogP contribution in [0.25, 0.3) is 21.8 Å². The van der Waals surface area contributed by atoms with Gasteiger partial charge in [-0.1, -0.05) is 5.21 Å². The second-order valence-corrected chi connectivity index (χ2v) is 6.75. The lowest BCUT2D eigenvalue weighted by Gasteiger charge is -2.14. The van der Waals surface area contributed by atoms with Crippen LogP contribution in [0.15, 0.2) is 34.4 Å². The zero-order valence-electron chi connectivity index (χ0n) is 14.4. The molecule has 1 aliphatic carbocycles. The third-order valence-corrected chi connectivity index (χ3v) is 4.77. The van der Waals surface area contributed by atoms with Crippen LogP contribution in [0, 0.1) is 0 Å². The molecule has 27 heavy (non-hydrogen) atoms. The highest BCUT2D eigenvalue weighted by molar-refractivity contribution is 5.93. The molecule has 1 aromatic carbocycles. The van der Waals surface area contributed by atoms with Gasteiger partial charge in [-0.25, -0.2) is 9.67 Å². The minimum Gasteiger partial charge on any atom is -0.294 e. The van der Waals surface area contributed by atoms with Crippen molar-refractivity contribution in [2.45, 2.75) is 38.4 Å². The molecule has 5 rings (SSSR count). The average molecular weight is 365 g/mol. The summed E-state index contributed by atoms with van der Waals surface area (Å²) in [6, 6.07) is 3.11. The lowest BCUT2D eigenvalue weighted by atomic mass is 10.1. The van der Waals surface area contributed by atoms with Crippen LogP contribution >= 0.6 is 0 Å². The van der Waals surface area contributed by atoms with E-state index in [-0.39, 0.29) is 23.2 Å². The van der Waals surface area contributed by atoms with Crippen molar-refractivity contribution >= 4 is 21.8 Å². The molecule has 0 saturated heterocycles. The summed E-state index contributed by atoms with van der Waals surface area (Å²) in [5.74, 6) is 0. The summed E-state index contributed by atoms with van der Waals surface area (Å²) >= 11 is 0. The van der Waals surface area contributed by atoms with E-state index in [0.717, 1.165) is 12.8 Å². The summed E-state index contributed by atoms with van der Waals surface area (Å²) in [7, 11) is 0. The van der Waals surface area contributed by atoms with Crippen LogP contribution in [0.3, 0.4) is 0 Å². The van der Waals surface area contributed by atoms with Gasteiger partial charge in [0.15, 0.2) is 6.33 Å². The largest absolute Gasteiger partial charge is 0.294 e. The fourth-order valence-corrected chi connectivity index (χ4v) is 3.15. The van der Waals surface area contributed by atoms with Gasteiger partial charge in [-0.3, -0.25) is 14.2 Å². The Morgan fingerprint density at radius 2 is 1.89 bits per heavy atom. The zero-order valence-corrected chi connectivity index (χ0v) is 14.4. The second kappa shape index (κ2) is 5.76. The molecular formula is C16H15N9O2. The predicted molar refractivity (Wildman–Crippen MR) is 94.2 cm³/mol. The number of nitrogens with zero attached hydrogens (tertiary/aromatic N) is 9. The molecule has 11 nitrogen and oxygen atoms in total. The van der Waals surface area contributed by atoms with Crippen molar-refractivity contribution in [3.8, 4) is 0 Å². The summed E-state index contributed by atoms with van der Waals surface area (Å²) in [6.45, 7) is 2.25. The van der Waals surface area contributed by atoms with Gasteiger partial charge < -0.3 is 0 Å². The second-order valence-electron chi connectivity index (χ2n) is 6.75. The van der Waals surface area contributed by atoms with Crippen molar-refractivity contribution in [2.75, 3.05) is 0 Å². The van der Waals surface area contributed by atoms with Gasteiger partial charge in [-0.2, -0.15) is 4.80 Å². The smallest absolute Gasteiger partial charge is 0.277 e. The molecule has 0 amide bonds. The number of aromatic nitrogens is 9. The molecule has 0 radical (unpaired) electrons. The van der Waals surface area contributed by atoms with E-state index in [0.29, 0.717) is 28.4 Å². The molecule has 1 aliphatic rings. The molecule has 0 aliphatic heterocycles. The normalized spacial score (nSPS) is 15.4. The molecule has 3 heterocycles. The third kappa shape index (κ3) is 2.58. The molecule has 11 heteroatoms. The van der Waals surface area contributed by atoms with Gasteiger partial charge in [-0.05, 0) is 37.1 Å². The fraction of sp³-hybridized carbons (Fsp3) is 0.375. The lowest BCUT2D eigenvalue weighted by molar-refractivity contribution is 0.389. The van der Waals surface area contributed by atoms with Crippen LogP contribution in [0.2, 0.25) is 0 Å². The molecule has 0 spiro atoms. The average Bonchev–Trinajstić information content (AvgIpc) is 3.38. The van der Waals surface area contributed by atoms with E-state index in [2.05, 4.69) is 30.7 Å². The van der Waals surface area contributed by atoms with Gasteiger partial charge in [-0.15, -0.1) is 15.3 Å². The van der Waals surface area contributed by atoms with E-state index in [1.165, 1.54) is 26.7 Å². The van der Waals surface area contributed by atoms with Crippen LogP contribution in [-0.4, -0.2) is 44.8 Å². The van der Waals surface area contributed by atoms with Gasteiger partial charge in [0.1, 0.15) is 5.52 Å². The van der Waals surface area contributed by atoms with Gasteiger partial charge in [0, 0.05) is 0 Å². The van der Waals surface area contributed by atoms with Crippen LogP contribution < -0.4 is 11.1 Å². The Bertz CT molecular complexity index is 1270. The van der Waals surface area contributed by atoms with Crippen molar-refractivity contribution in [3.05, 3.63) is 45.5 Å². The molecule has 1 unspecified atom stereocenters. The van der Waals surface area contributed by atoms with Crippen LogP contribution in [-0.2, 0) is 6.54 Å². The maximum Gasteiger partial charge on any atom is 0.277 e. The van der Waals surface area contributed by atoms with Crippen LogP contribution in [0.1, 0.15) is 31.8 Å². The fourth-order valence-electron chi connectivity index (χ4n) is 3.15. The zero-order chi connectivity index (χ0) is 18.5. The highest BCUT2D eigenvalue weighted by Gasteiger charge is 2.27. The number of rotatable bonds is 4. The monoisotopic (exact) mass is 365 g/mol. The number of fused-ring (bicyclic) bond motifs is 2. The molecule has 0 bridgehead atoms. The standard InChI is InChI=1S/C16H15N9O2/c1-9(6-24-19-7-18-21-24)23-8-17-13-4-12-14(5-11(13)15(23)26)20-22-25(16(12)27)10-2-3-10/h4-5,7-10H,2-3,6H2,1H3. The highest BCUT2D eigenvalue weighted by atomic mass is 16.1. The van der Waals surface area contributed by atoms with E-state index in [1.807, 2.05) is 6.92 Å². The minimum absolute atomic E-state index is 0.136. The summed E-state index contributed by atoms with van der Waals surface area (Å²) < 4.78 is 2.93. The van der Waals surface area contributed by atoms with Crippen molar-refractivity contribution in [1.82, 2.24) is 44.8 Å². The van der Waals surface area contributed by atoms with E-state index in [4.69, 9.17) is 0 Å². The van der Waals surface area contributed by atoms with Crippen LogP contribution in [0.4, 0.5) is 0 Å². The number of benzene rings is 1. The molecular weight excluding hydrogens is 350 g/mol. The Morgan fingerprint density at radius 1 is 1.11 bits per heavy atom.